The minimum absolute atomic E-state index is 0.00641. The van der Waals surface area contributed by atoms with Crippen LogP contribution < -0.4 is 16.0 Å². The van der Waals surface area contributed by atoms with Gasteiger partial charge < -0.3 is 20.4 Å². The summed E-state index contributed by atoms with van der Waals surface area (Å²) >= 11 is 2.82. The van der Waals surface area contributed by atoms with Crippen molar-refractivity contribution in [2.75, 3.05) is 10.6 Å². The van der Waals surface area contributed by atoms with Crippen molar-refractivity contribution >= 4 is 67.9 Å². The van der Waals surface area contributed by atoms with Gasteiger partial charge in [-0.2, -0.15) is 0 Å². The molecule has 8 nitrogen and oxygen atoms in total. The Kier molecular flexibility index (Phi) is 10.1. The van der Waals surface area contributed by atoms with Crippen LogP contribution in [0.25, 0.3) is 27.6 Å². The molecular formula is C41H30N4O4S2. The monoisotopic (exact) mass is 706 g/mol. The van der Waals surface area contributed by atoms with Gasteiger partial charge in [-0.05, 0) is 66.2 Å². The average Bonchev–Trinajstić information content (AvgIpc) is 3.82. The summed E-state index contributed by atoms with van der Waals surface area (Å²) in [6, 6.07) is 46.3. The highest BCUT2D eigenvalue weighted by atomic mass is 32.2. The first-order chi connectivity index (χ1) is 25.0. The number of rotatable bonds is 11. The molecule has 3 amide bonds. The third-order valence-electron chi connectivity index (χ3n) is 7.73. The Labute approximate surface area is 302 Å². The summed E-state index contributed by atoms with van der Waals surface area (Å²) in [6.45, 7) is 0. The van der Waals surface area contributed by atoms with Crippen molar-refractivity contribution in [2.45, 2.75) is 10.1 Å². The van der Waals surface area contributed by atoms with Crippen LogP contribution in [0.2, 0.25) is 0 Å². The molecule has 1 atom stereocenters. The van der Waals surface area contributed by atoms with Gasteiger partial charge in [0.05, 0.1) is 10.2 Å². The zero-order chi connectivity index (χ0) is 35.0. The first kappa shape index (κ1) is 33.3. The number of nitrogens with zero attached hydrogens (tertiary/aromatic N) is 1. The maximum atomic E-state index is 13.6. The van der Waals surface area contributed by atoms with Crippen molar-refractivity contribution in [3.05, 3.63) is 174 Å². The lowest BCUT2D eigenvalue weighted by atomic mass is 10.1. The summed E-state index contributed by atoms with van der Waals surface area (Å²) in [6.07, 6.45) is 1.50. The number of hydrogen-bond donors (Lipinski definition) is 3. The largest absolute Gasteiger partial charge is 0.457 e. The van der Waals surface area contributed by atoms with Gasteiger partial charge in [-0.15, -0.1) is 11.8 Å². The van der Waals surface area contributed by atoms with Gasteiger partial charge in [-0.25, -0.2) is 4.98 Å². The highest BCUT2D eigenvalue weighted by Crippen LogP contribution is 2.37. The van der Waals surface area contributed by atoms with E-state index >= 15 is 0 Å². The molecule has 0 radical (unpaired) electrons. The summed E-state index contributed by atoms with van der Waals surface area (Å²) in [5.74, 6) is -0.133. The topological polar surface area (TPSA) is 113 Å². The molecule has 2 heterocycles. The van der Waals surface area contributed by atoms with E-state index < -0.39 is 17.1 Å². The van der Waals surface area contributed by atoms with Crippen molar-refractivity contribution in [3.8, 4) is 11.3 Å². The van der Waals surface area contributed by atoms with Gasteiger partial charge in [0.15, 0.2) is 5.13 Å². The number of furan rings is 1. The number of thiazole rings is 1. The lowest BCUT2D eigenvalue weighted by Gasteiger charge is -2.16. The van der Waals surface area contributed by atoms with Gasteiger partial charge in [0, 0.05) is 27.8 Å². The number of fused-ring (bicyclic) bond motifs is 1. The Morgan fingerprint density at radius 3 is 2.10 bits per heavy atom. The maximum Gasteiger partial charge on any atom is 0.272 e. The zero-order valence-corrected chi connectivity index (χ0v) is 28.6. The van der Waals surface area contributed by atoms with Crippen molar-refractivity contribution < 1.29 is 18.8 Å². The van der Waals surface area contributed by atoms with Crippen LogP contribution in [0.3, 0.4) is 0 Å². The summed E-state index contributed by atoms with van der Waals surface area (Å²) in [4.78, 5) is 45.8. The van der Waals surface area contributed by atoms with Gasteiger partial charge in [-0.3, -0.25) is 14.4 Å². The Hall–Kier alpha value is -6.23. The van der Waals surface area contributed by atoms with E-state index in [2.05, 4.69) is 20.9 Å². The van der Waals surface area contributed by atoms with Crippen molar-refractivity contribution in [1.29, 1.82) is 0 Å². The van der Waals surface area contributed by atoms with Crippen LogP contribution in [0.15, 0.2) is 167 Å². The summed E-state index contributed by atoms with van der Waals surface area (Å²) < 4.78 is 7.00. The van der Waals surface area contributed by atoms with Crippen LogP contribution in [-0.2, 0) is 9.59 Å². The molecular weight excluding hydrogens is 677 g/mol. The van der Waals surface area contributed by atoms with Crippen molar-refractivity contribution in [1.82, 2.24) is 10.3 Å². The highest BCUT2D eigenvalue weighted by molar-refractivity contribution is 8.00. The van der Waals surface area contributed by atoms with E-state index in [9.17, 15) is 14.4 Å². The fraction of sp³-hybridized carbons (Fsp3) is 0.0244. The predicted octanol–water partition coefficient (Wildman–Crippen LogP) is 9.44. The Balaban J connectivity index is 1.08. The van der Waals surface area contributed by atoms with Crippen LogP contribution in [0.4, 0.5) is 10.8 Å². The molecule has 7 rings (SSSR count). The first-order valence-corrected chi connectivity index (χ1v) is 17.7. The molecule has 0 saturated carbocycles. The fourth-order valence-electron chi connectivity index (χ4n) is 5.22. The molecule has 0 fully saturated rings. The number of carbonyl (C=O) groups is 3. The number of hydrogen-bond acceptors (Lipinski definition) is 7. The average molecular weight is 707 g/mol. The molecule has 7 aromatic rings. The third kappa shape index (κ3) is 8.33. The number of anilines is 2. The van der Waals surface area contributed by atoms with Gasteiger partial charge in [0.1, 0.15) is 22.5 Å². The quantitative estimate of drug-likeness (QED) is 0.0913. The number of thioether (sulfide) groups is 1. The smallest absolute Gasteiger partial charge is 0.272 e. The van der Waals surface area contributed by atoms with E-state index in [1.165, 1.54) is 29.2 Å². The minimum Gasteiger partial charge on any atom is -0.457 e. The van der Waals surface area contributed by atoms with Gasteiger partial charge in [0.2, 0.25) is 5.91 Å². The molecule has 0 aliphatic rings. The van der Waals surface area contributed by atoms with Crippen molar-refractivity contribution in [3.63, 3.8) is 0 Å². The molecule has 1 unspecified atom stereocenters. The van der Waals surface area contributed by atoms with Gasteiger partial charge in [0.25, 0.3) is 11.8 Å². The molecule has 0 aliphatic heterocycles. The SMILES string of the molecule is O=C(Nc1ccc(SC(C(=O)Nc2nc3ccccc3s2)c2ccccc2)cc1)/C(=C\c1ccc(-c2ccccc2)o1)NC(=O)c1ccccc1. The second kappa shape index (κ2) is 15.5. The minimum atomic E-state index is -0.560. The van der Waals surface area contributed by atoms with Crippen LogP contribution >= 0.6 is 23.1 Å². The van der Waals surface area contributed by atoms with E-state index in [1.807, 2.05) is 109 Å². The molecule has 5 aromatic carbocycles. The van der Waals surface area contributed by atoms with Gasteiger partial charge in [-0.1, -0.05) is 102 Å². The van der Waals surface area contributed by atoms with E-state index in [-0.39, 0.29) is 11.6 Å². The second-order valence-corrected chi connectivity index (χ2v) is 13.5. The van der Waals surface area contributed by atoms with Crippen LogP contribution in [0, 0.1) is 0 Å². The summed E-state index contributed by atoms with van der Waals surface area (Å²) in [7, 11) is 0. The molecule has 51 heavy (non-hydrogen) atoms. The molecule has 3 N–H and O–H groups in total. The lowest BCUT2D eigenvalue weighted by Crippen LogP contribution is -2.30. The fourth-order valence-corrected chi connectivity index (χ4v) is 7.11. The zero-order valence-electron chi connectivity index (χ0n) is 27.0. The molecule has 0 aliphatic carbocycles. The van der Waals surface area contributed by atoms with Crippen LogP contribution in [0.1, 0.15) is 26.9 Å². The number of aromatic nitrogens is 1. The van der Waals surface area contributed by atoms with Crippen LogP contribution in [0.5, 0.6) is 0 Å². The number of nitrogens with one attached hydrogen (secondary N) is 3. The molecule has 250 valence electrons. The molecule has 10 heteroatoms. The Bertz CT molecular complexity index is 2290. The number of carbonyl (C=O) groups excluding carboxylic acids is 3. The first-order valence-electron chi connectivity index (χ1n) is 16.0. The number of para-hydroxylation sites is 1. The van der Waals surface area contributed by atoms with E-state index in [0.29, 0.717) is 27.9 Å². The van der Waals surface area contributed by atoms with Gasteiger partial charge >= 0.3 is 0 Å². The van der Waals surface area contributed by atoms with E-state index in [0.717, 1.165) is 26.2 Å². The molecule has 2 aromatic heterocycles. The summed E-state index contributed by atoms with van der Waals surface area (Å²) in [5, 5.41) is 8.60. The second-order valence-electron chi connectivity index (χ2n) is 11.3. The maximum absolute atomic E-state index is 13.6. The highest BCUT2D eigenvalue weighted by Gasteiger charge is 2.24. The molecule has 0 spiro atoms. The van der Waals surface area contributed by atoms with E-state index in [1.54, 1.807) is 42.5 Å². The lowest BCUT2D eigenvalue weighted by molar-refractivity contribution is -0.116. The summed E-state index contributed by atoms with van der Waals surface area (Å²) in [5.41, 5.74) is 3.48. The van der Waals surface area contributed by atoms with Crippen LogP contribution in [-0.4, -0.2) is 22.7 Å². The molecule has 0 bridgehead atoms. The third-order valence-corrected chi connectivity index (χ3v) is 9.95. The van der Waals surface area contributed by atoms with Crippen molar-refractivity contribution in [2.24, 2.45) is 0 Å². The number of amides is 3. The Morgan fingerprint density at radius 2 is 1.37 bits per heavy atom. The predicted molar refractivity (Wildman–Crippen MR) is 204 cm³/mol. The standard InChI is InChI=1S/C41H30N4O4S2/c46-38(29-16-8-3-9-17-29)43-34(26-31-22-25-35(49-31)27-12-4-1-5-13-27)39(47)42-30-20-23-32(24-21-30)50-37(28-14-6-2-7-15-28)40(48)45-41-44-33-18-10-11-19-36(33)51-41/h1-26,37H,(H,42,47)(H,43,46)(H,44,45,48)/b34-26+. The molecule has 0 saturated heterocycles. The van der Waals surface area contributed by atoms with E-state index in [4.69, 9.17) is 4.42 Å². The number of benzene rings is 5. The Morgan fingerprint density at radius 1 is 0.706 bits per heavy atom. The normalized spacial score (nSPS) is 11.9.